The van der Waals surface area contributed by atoms with Crippen LogP contribution in [0.1, 0.15) is 24.5 Å². The minimum absolute atomic E-state index is 0.0114. The average Bonchev–Trinajstić information content (AvgIpc) is 3.58. The Labute approximate surface area is 506 Å². The zero-order valence-corrected chi connectivity index (χ0v) is 50.5. The van der Waals surface area contributed by atoms with Gasteiger partial charge in [0.25, 0.3) is 0 Å². The third-order valence-electron chi connectivity index (χ3n) is 14.0. The Hall–Kier alpha value is -7.80. The van der Waals surface area contributed by atoms with Gasteiger partial charge in [0.15, 0.2) is 0 Å². The van der Waals surface area contributed by atoms with Crippen LogP contribution < -0.4 is 39.4 Å². The van der Waals surface area contributed by atoms with Crippen LogP contribution in [0.5, 0.6) is 23.0 Å². The summed E-state index contributed by atoms with van der Waals surface area (Å²) in [5, 5.41) is 34.3. The molecule has 6 aromatic rings. The lowest BCUT2D eigenvalue weighted by atomic mass is 10.0. The Morgan fingerprint density at radius 2 is 0.837 bits per heavy atom. The molecule has 0 saturated carbocycles. The van der Waals surface area contributed by atoms with Gasteiger partial charge in [-0.1, -0.05) is 6.92 Å². The van der Waals surface area contributed by atoms with Crippen LogP contribution in [-0.2, 0) is 28.4 Å². The zero-order chi connectivity index (χ0) is 60.6. The van der Waals surface area contributed by atoms with Crippen molar-refractivity contribution in [2.24, 2.45) is 0 Å². The van der Waals surface area contributed by atoms with Crippen LogP contribution in [0.25, 0.3) is 22.3 Å². The summed E-state index contributed by atoms with van der Waals surface area (Å²) in [6.45, 7) is 16.6. The molecular weight excluding hydrogens is 1100 g/mol. The normalized spacial score (nSPS) is 13.5. The van der Waals surface area contributed by atoms with Crippen molar-refractivity contribution in [1.29, 1.82) is 10.5 Å². The van der Waals surface area contributed by atoms with Crippen molar-refractivity contribution in [3.8, 4) is 57.4 Å². The molecule has 2 fully saturated rings. The van der Waals surface area contributed by atoms with E-state index in [1.165, 1.54) is 0 Å². The van der Waals surface area contributed by atoms with Crippen molar-refractivity contribution in [3.63, 3.8) is 0 Å². The minimum atomic E-state index is 0.0114. The number of nitrogens with one attached hydrogen (secondary N) is 2. The molecule has 0 aliphatic carbocycles. The molecule has 2 saturated heterocycles. The molecule has 0 unspecified atom stereocenters. The summed E-state index contributed by atoms with van der Waals surface area (Å²) in [7, 11) is 7.52. The van der Waals surface area contributed by atoms with Crippen molar-refractivity contribution in [2.75, 3.05) is 200 Å². The standard InChI is InChI=1S/C33H43N5O5.C32H41N5O6/c1-4-15-40-16-17-41-18-19-42-20-21-43-32-24-28(6-7-30(32)38-13-11-37(2)12-14-38)36-33-23-27(9-10-35-33)29-22-26(25-34)5-8-31(29)39-3;1-36-9-11-37(12-10-36)29-5-4-27(23-31(29)43-20-19-42-18-17-41-16-15-40-14-13-38)35-32-22-26(7-8-34-32)28-21-25(24-33)3-6-30(28)39-2/h5-10,22-24H,4,11-21H2,1-3H3,(H,35,36);3-8,21-23,38H,9-20H2,1-2H3,(H,34,35). The lowest BCUT2D eigenvalue weighted by molar-refractivity contribution is 0.00363. The van der Waals surface area contributed by atoms with E-state index in [1.807, 2.05) is 66.7 Å². The molecule has 4 heterocycles. The number of aliphatic hydroxyl groups excluding tert-OH is 1. The van der Waals surface area contributed by atoms with Gasteiger partial charge in [-0.3, -0.25) is 0 Å². The van der Waals surface area contributed by atoms with Gasteiger partial charge in [-0.25, -0.2) is 9.97 Å². The SMILES string of the molecule is CCCOCCOCCOCCOc1cc(Nc2cc(-c3cc(C#N)ccc3OC)ccn2)ccc1N1CCN(C)CC1.COc1ccc(C#N)cc1-c1ccnc(Nc2ccc(N3CCN(C)CC3)c(OCCOCCOCCOCCO)c2)c1. The molecular formula is C65H84N10O11. The monoisotopic (exact) mass is 1180 g/mol. The third kappa shape index (κ3) is 21.3. The van der Waals surface area contributed by atoms with E-state index in [4.69, 9.17) is 52.5 Å². The van der Waals surface area contributed by atoms with E-state index in [0.717, 1.165) is 122 Å². The van der Waals surface area contributed by atoms with Crippen LogP contribution in [0.15, 0.2) is 109 Å². The Kier molecular flexibility index (Phi) is 28.2. The summed E-state index contributed by atoms with van der Waals surface area (Å²) < 4.78 is 56.6. The molecule has 0 bridgehead atoms. The first kappa shape index (κ1) is 65.7. The number of aliphatic hydroxyl groups is 1. The fourth-order valence-electron chi connectivity index (χ4n) is 9.38. The number of likely N-dealkylation sites (N-methyl/N-ethyl adjacent to an activating group) is 2. The van der Waals surface area contributed by atoms with Crippen LogP contribution in [0.3, 0.4) is 0 Å². The number of piperazine rings is 2. The highest BCUT2D eigenvalue weighted by molar-refractivity contribution is 5.77. The number of pyridine rings is 2. The molecule has 0 spiro atoms. The number of ether oxygens (including phenoxy) is 10. The summed E-state index contributed by atoms with van der Waals surface area (Å²) in [6.07, 6.45) is 4.48. The van der Waals surface area contributed by atoms with Crippen molar-refractivity contribution in [1.82, 2.24) is 19.8 Å². The minimum Gasteiger partial charge on any atom is -0.496 e. The number of aromatic nitrogens is 2. The van der Waals surface area contributed by atoms with Gasteiger partial charge in [0.05, 0.1) is 128 Å². The van der Waals surface area contributed by atoms with E-state index in [9.17, 15) is 10.5 Å². The average molecular weight is 1180 g/mol. The zero-order valence-electron chi connectivity index (χ0n) is 50.5. The second-order valence-electron chi connectivity index (χ2n) is 20.2. The van der Waals surface area contributed by atoms with Gasteiger partial charge in [-0.2, -0.15) is 10.5 Å². The largest absolute Gasteiger partial charge is 0.496 e. The summed E-state index contributed by atoms with van der Waals surface area (Å²) in [4.78, 5) is 18.4. The molecule has 0 atom stereocenters. The smallest absolute Gasteiger partial charge is 0.144 e. The van der Waals surface area contributed by atoms with Gasteiger partial charge in [-0.05, 0) is 117 Å². The summed E-state index contributed by atoms with van der Waals surface area (Å²) in [6, 6.07) is 35.1. The van der Waals surface area contributed by atoms with Crippen molar-refractivity contribution >= 4 is 34.4 Å². The van der Waals surface area contributed by atoms with Gasteiger partial charge < -0.3 is 82.7 Å². The number of benzene rings is 4. The molecule has 2 aromatic heterocycles. The second-order valence-corrected chi connectivity index (χ2v) is 20.2. The quantitative estimate of drug-likeness (QED) is 0.0322. The molecule has 3 N–H and O–H groups in total. The Bertz CT molecular complexity index is 2850. The van der Waals surface area contributed by atoms with Gasteiger partial charge >= 0.3 is 0 Å². The van der Waals surface area contributed by atoms with Crippen LogP contribution in [0.4, 0.5) is 34.4 Å². The maximum Gasteiger partial charge on any atom is 0.144 e. The van der Waals surface area contributed by atoms with Crippen LogP contribution in [0.2, 0.25) is 0 Å². The lowest BCUT2D eigenvalue weighted by Crippen LogP contribution is -2.44. The number of hydrogen-bond acceptors (Lipinski definition) is 21. The van der Waals surface area contributed by atoms with E-state index in [2.05, 4.69) is 85.5 Å². The van der Waals surface area contributed by atoms with E-state index >= 15 is 0 Å². The molecule has 460 valence electrons. The molecule has 4 aromatic carbocycles. The van der Waals surface area contributed by atoms with Crippen molar-refractivity contribution < 1.29 is 52.5 Å². The predicted molar refractivity (Wildman–Crippen MR) is 334 cm³/mol. The van der Waals surface area contributed by atoms with Crippen LogP contribution >= 0.6 is 0 Å². The fourth-order valence-corrected chi connectivity index (χ4v) is 9.38. The highest BCUT2D eigenvalue weighted by atomic mass is 16.6. The number of anilines is 6. The topological polar surface area (TPSA) is 223 Å². The van der Waals surface area contributed by atoms with Gasteiger partial charge in [0.1, 0.15) is 47.8 Å². The van der Waals surface area contributed by atoms with Crippen LogP contribution in [0, 0.1) is 22.7 Å². The highest BCUT2D eigenvalue weighted by Crippen LogP contribution is 2.37. The molecule has 8 rings (SSSR count). The van der Waals surface area contributed by atoms with Crippen LogP contribution in [-0.4, -0.2) is 205 Å². The Balaban J connectivity index is 0.000000246. The van der Waals surface area contributed by atoms with E-state index in [0.29, 0.717) is 120 Å². The first-order chi connectivity index (χ1) is 42.2. The number of nitriles is 2. The maximum atomic E-state index is 9.39. The van der Waals surface area contributed by atoms with Gasteiger partial charge in [-0.15, -0.1) is 0 Å². The maximum absolute atomic E-state index is 9.39. The molecule has 21 heteroatoms. The fraction of sp³-hybridized carbons (Fsp3) is 0.446. The molecule has 21 nitrogen and oxygen atoms in total. The Morgan fingerprint density at radius 3 is 1.21 bits per heavy atom. The molecule has 0 amide bonds. The van der Waals surface area contributed by atoms with Crippen molar-refractivity contribution in [3.05, 3.63) is 121 Å². The number of nitrogens with zero attached hydrogens (tertiary/aromatic N) is 8. The first-order valence-electron chi connectivity index (χ1n) is 29.3. The number of rotatable bonds is 34. The third-order valence-corrected chi connectivity index (χ3v) is 14.0. The lowest BCUT2D eigenvalue weighted by Gasteiger charge is -2.35. The second kappa shape index (κ2) is 36.9. The van der Waals surface area contributed by atoms with Gasteiger partial charge in [0.2, 0.25) is 0 Å². The first-order valence-corrected chi connectivity index (χ1v) is 29.3. The molecule has 2 aliphatic rings. The highest BCUT2D eigenvalue weighted by Gasteiger charge is 2.21. The summed E-state index contributed by atoms with van der Waals surface area (Å²) >= 11 is 0. The summed E-state index contributed by atoms with van der Waals surface area (Å²) in [5.74, 6) is 4.27. The predicted octanol–water partition coefficient (Wildman–Crippen LogP) is 8.51. The molecule has 2 aliphatic heterocycles. The molecule has 86 heavy (non-hydrogen) atoms. The van der Waals surface area contributed by atoms with Gasteiger partial charge in [0, 0.05) is 106 Å². The summed E-state index contributed by atoms with van der Waals surface area (Å²) in [5.41, 5.74) is 8.36. The Morgan fingerprint density at radius 1 is 0.453 bits per heavy atom. The number of methoxy groups -OCH3 is 2. The van der Waals surface area contributed by atoms with E-state index in [-0.39, 0.29) is 6.61 Å². The molecule has 0 radical (unpaired) electrons. The van der Waals surface area contributed by atoms with E-state index in [1.54, 1.807) is 44.8 Å². The number of hydrogen-bond donors (Lipinski definition) is 3. The van der Waals surface area contributed by atoms with E-state index < -0.39 is 0 Å². The van der Waals surface area contributed by atoms with Crippen molar-refractivity contribution in [2.45, 2.75) is 13.3 Å².